The molecule has 1 aliphatic rings. The molecule has 1 N–H and O–H groups in total. The number of aromatic nitrogens is 2. The maximum absolute atomic E-state index is 13.1. The van der Waals surface area contributed by atoms with Gasteiger partial charge in [-0.05, 0) is 42.0 Å². The van der Waals surface area contributed by atoms with E-state index in [1.54, 1.807) is 48.8 Å². The number of ketones is 1. The predicted molar refractivity (Wildman–Crippen MR) is 123 cm³/mol. The minimum Gasteiger partial charge on any atom is -0.507 e. The minimum atomic E-state index is -0.813. The van der Waals surface area contributed by atoms with Crippen molar-refractivity contribution in [3.8, 4) is 0 Å². The van der Waals surface area contributed by atoms with Crippen LogP contribution in [0.2, 0.25) is 0 Å². The number of carbonyl (C=O) groups is 2. The van der Waals surface area contributed by atoms with Crippen LogP contribution in [0, 0.1) is 0 Å². The number of nitrogens with zero attached hydrogens (tertiary/aromatic N) is 3. The van der Waals surface area contributed by atoms with Gasteiger partial charge in [-0.3, -0.25) is 19.5 Å². The van der Waals surface area contributed by atoms with Crippen molar-refractivity contribution in [1.29, 1.82) is 0 Å². The van der Waals surface area contributed by atoms with Gasteiger partial charge >= 0.3 is 5.91 Å². The maximum Gasteiger partial charge on any atom is 0.301 e. The number of pyridine rings is 1. The zero-order chi connectivity index (χ0) is 21.5. The molecule has 1 unspecified atom stereocenters. The first-order valence-electron chi connectivity index (χ1n) is 9.37. The number of hydrogen-bond donors (Lipinski definition) is 1. The number of carbonyl (C=O) groups excluding carboxylic acids is 2. The molecule has 8 heteroatoms. The number of halogens is 1. The molecule has 0 radical (unpaired) electrons. The van der Waals surface area contributed by atoms with Gasteiger partial charge in [0.15, 0.2) is 5.13 Å². The molecule has 2 aromatic carbocycles. The van der Waals surface area contributed by atoms with Crippen molar-refractivity contribution < 1.29 is 14.7 Å². The van der Waals surface area contributed by atoms with Gasteiger partial charge in [0, 0.05) is 22.4 Å². The van der Waals surface area contributed by atoms with Crippen LogP contribution in [0.25, 0.3) is 16.0 Å². The first-order valence-corrected chi connectivity index (χ1v) is 11.0. The van der Waals surface area contributed by atoms with E-state index >= 15 is 0 Å². The minimum absolute atomic E-state index is 0.0257. The summed E-state index contributed by atoms with van der Waals surface area (Å²) in [6, 6.07) is 17.1. The zero-order valence-electron chi connectivity index (χ0n) is 15.9. The van der Waals surface area contributed by atoms with Crippen molar-refractivity contribution in [2.45, 2.75) is 6.04 Å². The molecule has 5 rings (SSSR count). The number of aliphatic hydroxyl groups excluding tert-OH is 1. The van der Waals surface area contributed by atoms with E-state index in [1.807, 2.05) is 24.3 Å². The van der Waals surface area contributed by atoms with Crippen LogP contribution in [0.1, 0.15) is 17.2 Å². The van der Waals surface area contributed by atoms with Crippen molar-refractivity contribution in [2.24, 2.45) is 0 Å². The van der Waals surface area contributed by atoms with Crippen molar-refractivity contribution in [2.75, 3.05) is 4.90 Å². The number of benzene rings is 2. The SMILES string of the molecule is O=C1C(=O)N(c2nc3ccccc3s2)C(c2ccncc2)/C1=C(\O)c1ccc(Br)cc1. The number of hydrogen-bond acceptors (Lipinski definition) is 6. The van der Waals surface area contributed by atoms with Gasteiger partial charge < -0.3 is 5.11 Å². The molecule has 1 atom stereocenters. The number of Topliss-reactive ketones (excluding diaryl/α,β-unsaturated/α-hetero) is 1. The third-order valence-electron chi connectivity index (χ3n) is 5.07. The highest BCUT2D eigenvalue weighted by molar-refractivity contribution is 9.10. The van der Waals surface area contributed by atoms with E-state index in [1.165, 1.54) is 16.2 Å². The van der Waals surface area contributed by atoms with Crippen LogP contribution < -0.4 is 4.90 Å². The maximum atomic E-state index is 13.1. The Morgan fingerprint density at radius 3 is 2.42 bits per heavy atom. The van der Waals surface area contributed by atoms with E-state index in [-0.39, 0.29) is 11.3 Å². The topological polar surface area (TPSA) is 83.4 Å². The fourth-order valence-corrected chi connectivity index (χ4v) is 4.87. The number of amides is 1. The van der Waals surface area contributed by atoms with Gasteiger partial charge in [-0.25, -0.2) is 4.98 Å². The number of anilines is 1. The van der Waals surface area contributed by atoms with Gasteiger partial charge in [-0.1, -0.05) is 51.5 Å². The number of thiazole rings is 1. The molecule has 1 saturated heterocycles. The van der Waals surface area contributed by atoms with Crippen LogP contribution in [-0.4, -0.2) is 26.8 Å². The van der Waals surface area contributed by atoms with Crippen LogP contribution in [0.5, 0.6) is 0 Å². The van der Waals surface area contributed by atoms with Crippen LogP contribution in [0.4, 0.5) is 5.13 Å². The van der Waals surface area contributed by atoms with E-state index in [0.717, 1.165) is 14.7 Å². The summed E-state index contributed by atoms with van der Waals surface area (Å²) in [7, 11) is 0. The molecule has 6 nitrogen and oxygen atoms in total. The summed E-state index contributed by atoms with van der Waals surface area (Å²) in [5.74, 6) is -1.70. The molecule has 1 fully saturated rings. The van der Waals surface area contributed by atoms with Gasteiger partial charge in [0.25, 0.3) is 5.78 Å². The number of aliphatic hydroxyl groups is 1. The summed E-state index contributed by atoms with van der Waals surface area (Å²) in [6.45, 7) is 0. The average Bonchev–Trinajstić information content (AvgIpc) is 3.33. The van der Waals surface area contributed by atoms with E-state index in [4.69, 9.17) is 0 Å². The lowest BCUT2D eigenvalue weighted by atomic mass is 9.96. The molecular weight excluding hydrogens is 478 g/mol. The largest absolute Gasteiger partial charge is 0.507 e. The lowest BCUT2D eigenvalue weighted by molar-refractivity contribution is -0.132. The van der Waals surface area contributed by atoms with Crippen LogP contribution in [-0.2, 0) is 9.59 Å². The van der Waals surface area contributed by atoms with Crippen molar-refractivity contribution in [3.05, 3.63) is 94.2 Å². The molecular formula is C23H14BrN3O3S. The van der Waals surface area contributed by atoms with Crippen LogP contribution in [0.15, 0.2) is 83.1 Å². The summed E-state index contributed by atoms with van der Waals surface area (Å²) in [5, 5.41) is 11.5. The molecule has 2 aromatic heterocycles. The highest BCUT2D eigenvalue weighted by atomic mass is 79.9. The Hall–Kier alpha value is -3.36. The number of rotatable bonds is 3. The number of fused-ring (bicyclic) bond motifs is 1. The van der Waals surface area contributed by atoms with Crippen molar-refractivity contribution in [1.82, 2.24) is 9.97 Å². The second-order valence-corrected chi connectivity index (χ2v) is 8.85. The second-order valence-electron chi connectivity index (χ2n) is 6.92. The second kappa shape index (κ2) is 7.72. The normalized spacial score (nSPS) is 18.1. The summed E-state index contributed by atoms with van der Waals surface area (Å²) in [6.07, 6.45) is 3.18. The summed E-state index contributed by atoms with van der Waals surface area (Å²) in [4.78, 5) is 36.2. The fraction of sp³-hybridized carbons (Fsp3) is 0.0435. The monoisotopic (exact) mass is 491 g/mol. The average molecular weight is 492 g/mol. The molecule has 1 aliphatic heterocycles. The predicted octanol–water partition coefficient (Wildman–Crippen LogP) is 5.08. The molecule has 152 valence electrons. The fourth-order valence-electron chi connectivity index (χ4n) is 3.62. The van der Waals surface area contributed by atoms with Gasteiger partial charge in [-0.2, -0.15) is 0 Å². The molecule has 0 bridgehead atoms. The first kappa shape index (κ1) is 19.6. The van der Waals surface area contributed by atoms with Crippen LogP contribution in [0.3, 0.4) is 0 Å². The van der Waals surface area contributed by atoms with E-state index in [0.29, 0.717) is 16.3 Å². The molecule has 3 heterocycles. The van der Waals surface area contributed by atoms with Gasteiger partial charge in [0.2, 0.25) is 0 Å². The highest BCUT2D eigenvalue weighted by Gasteiger charge is 2.48. The van der Waals surface area contributed by atoms with Crippen LogP contribution >= 0.6 is 27.3 Å². The summed E-state index contributed by atoms with van der Waals surface area (Å²) in [5.41, 5.74) is 1.88. The first-order chi connectivity index (χ1) is 15.0. The van der Waals surface area contributed by atoms with Gasteiger partial charge in [0.05, 0.1) is 21.8 Å². The van der Waals surface area contributed by atoms with Gasteiger partial charge in [0.1, 0.15) is 5.76 Å². The molecule has 31 heavy (non-hydrogen) atoms. The Balaban J connectivity index is 1.73. The molecule has 0 spiro atoms. The van der Waals surface area contributed by atoms with Gasteiger partial charge in [-0.15, -0.1) is 0 Å². The summed E-state index contributed by atoms with van der Waals surface area (Å²) >= 11 is 4.69. The lowest BCUT2D eigenvalue weighted by Crippen LogP contribution is -2.29. The third-order valence-corrected chi connectivity index (χ3v) is 6.64. The highest BCUT2D eigenvalue weighted by Crippen LogP contribution is 2.44. The Kier molecular flexibility index (Phi) is 4.88. The Morgan fingerprint density at radius 1 is 1.00 bits per heavy atom. The molecule has 0 saturated carbocycles. The summed E-state index contributed by atoms with van der Waals surface area (Å²) < 4.78 is 1.74. The third kappa shape index (κ3) is 3.34. The smallest absolute Gasteiger partial charge is 0.301 e. The van der Waals surface area contributed by atoms with E-state index in [2.05, 4.69) is 25.9 Å². The van der Waals surface area contributed by atoms with E-state index < -0.39 is 17.7 Å². The standard InChI is InChI=1S/C23H14BrN3O3S/c24-15-7-5-14(6-8-15)20(28)18-19(13-9-11-25-12-10-13)27(22(30)21(18)29)23-26-16-3-1-2-4-17(16)31-23/h1-12,19,28H/b20-18+. The molecule has 0 aliphatic carbocycles. The molecule has 1 amide bonds. The van der Waals surface area contributed by atoms with Crippen molar-refractivity contribution >= 4 is 60.1 Å². The Bertz CT molecular complexity index is 1320. The Labute approximate surface area is 189 Å². The van der Waals surface area contributed by atoms with Crippen molar-refractivity contribution in [3.63, 3.8) is 0 Å². The lowest BCUT2D eigenvalue weighted by Gasteiger charge is -2.22. The molecule has 4 aromatic rings. The Morgan fingerprint density at radius 2 is 1.71 bits per heavy atom. The van der Waals surface area contributed by atoms with E-state index in [9.17, 15) is 14.7 Å². The quantitative estimate of drug-likeness (QED) is 0.245. The number of para-hydroxylation sites is 1. The zero-order valence-corrected chi connectivity index (χ0v) is 18.3.